The zero-order valence-corrected chi connectivity index (χ0v) is 17.6. The zero-order chi connectivity index (χ0) is 21.7. The van der Waals surface area contributed by atoms with E-state index in [0.29, 0.717) is 13.1 Å². The third-order valence-corrected chi connectivity index (χ3v) is 4.32. The lowest BCUT2D eigenvalue weighted by atomic mass is 10.1. The largest absolute Gasteiger partial charge is 0.448 e. The summed E-state index contributed by atoms with van der Waals surface area (Å²) in [6.45, 7) is 2.95. The molecule has 0 saturated heterocycles. The molecule has 29 heavy (non-hydrogen) atoms. The Morgan fingerprint density at radius 1 is 0.828 bits per heavy atom. The van der Waals surface area contributed by atoms with Gasteiger partial charge in [-0.1, -0.05) is 25.7 Å². The predicted molar refractivity (Wildman–Crippen MR) is 113 cm³/mol. The van der Waals surface area contributed by atoms with Crippen molar-refractivity contribution >= 4 is 17.9 Å². The highest BCUT2D eigenvalue weighted by atomic mass is 16.5. The third-order valence-electron chi connectivity index (χ3n) is 4.32. The summed E-state index contributed by atoms with van der Waals surface area (Å²) >= 11 is 0. The van der Waals surface area contributed by atoms with E-state index < -0.39 is 6.09 Å². The van der Waals surface area contributed by atoms with Crippen LogP contribution in [-0.2, 0) is 14.3 Å². The molecule has 0 aliphatic carbocycles. The zero-order valence-electron chi connectivity index (χ0n) is 17.6. The van der Waals surface area contributed by atoms with Crippen LogP contribution in [0.1, 0.15) is 51.4 Å². The molecule has 0 heterocycles. The summed E-state index contributed by atoms with van der Waals surface area (Å²) in [6.07, 6.45) is 7.18. The summed E-state index contributed by atoms with van der Waals surface area (Å²) in [5, 5.41) is 5.77. The molecule has 0 aliphatic rings. The molecule has 3 amide bonds. The fraction of sp³-hybridized carbons (Fsp3) is 0.842. The van der Waals surface area contributed by atoms with Gasteiger partial charge in [0, 0.05) is 6.54 Å². The SMILES string of the molecule is NCCCCCCCNCC(=O)N(CCCCCN)CC(=O)NCCOC(N)=O. The monoisotopic (exact) mass is 416 g/mol. The lowest BCUT2D eigenvalue weighted by molar-refractivity contribution is -0.135. The molecule has 0 unspecified atom stereocenters. The van der Waals surface area contributed by atoms with Crippen molar-refractivity contribution in [3.05, 3.63) is 0 Å². The van der Waals surface area contributed by atoms with Gasteiger partial charge in [0.25, 0.3) is 0 Å². The van der Waals surface area contributed by atoms with Crippen LogP contribution in [0.3, 0.4) is 0 Å². The number of ether oxygens (including phenoxy) is 1. The van der Waals surface area contributed by atoms with Crippen LogP contribution in [0.2, 0.25) is 0 Å². The first-order valence-electron chi connectivity index (χ1n) is 10.6. The minimum absolute atomic E-state index is 0.00163. The molecule has 0 aromatic carbocycles. The van der Waals surface area contributed by atoms with E-state index in [1.165, 1.54) is 0 Å². The molecule has 0 atom stereocenters. The summed E-state index contributed by atoms with van der Waals surface area (Å²) in [5.41, 5.74) is 15.8. The molecular weight excluding hydrogens is 376 g/mol. The van der Waals surface area contributed by atoms with Crippen LogP contribution in [0.25, 0.3) is 0 Å². The first-order chi connectivity index (χ1) is 14.0. The Hall–Kier alpha value is -1.91. The number of nitrogens with zero attached hydrogens (tertiary/aromatic N) is 1. The molecule has 10 nitrogen and oxygen atoms in total. The Bertz CT molecular complexity index is 450. The van der Waals surface area contributed by atoms with Gasteiger partial charge in [-0.3, -0.25) is 9.59 Å². The molecule has 0 aromatic rings. The van der Waals surface area contributed by atoms with Crippen LogP contribution in [0.5, 0.6) is 0 Å². The molecule has 0 aromatic heterocycles. The Balaban J connectivity index is 4.19. The first-order valence-corrected chi connectivity index (χ1v) is 10.6. The number of rotatable bonds is 19. The quantitative estimate of drug-likeness (QED) is 0.179. The second kappa shape index (κ2) is 19.4. The molecular formula is C19H40N6O4. The Kier molecular flexibility index (Phi) is 18.1. The first kappa shape index (κ1) is 27.1. The summed E-state index contributed by atoms with van der Waals surface area (Å²) < 4.78 is 4.56. The van der Waals surface area contributed by atoms with Gasteiger partial charge in [-0.05, 0) is 45.3 Å². The van der Waals surface area contributed by atoms with Crippen molar-refractivity contribution in [1.29, 1.82) is 0 Å². The molecule has 10 heteroatoms. The molecule has 170 valence electrons. The third kappa shape index (κ3) is 17.9. The van der Waals surface area contributed by atoms with E-state index in [4.69, 9.17) is 17.2 Å². The molecule has 0 rings (SSSR count). The average molecular weight is 417 g/mol. The van der Waals surface area contributed by atoms with Gasteiger partial charge in [-0.15, -0.1) is 0 Å². The predicted octanol–water partition coefficient (Wildman–Crippen LogP) is -0.346. The van der Waals surface area contributed by atoms with Crippen LogP contribution in [0.15, 0.2) is 0 Å². The van der Waals surface area contributed by atoms with Gasteiger partial charge in [0.1, 0.15) is 6.61 Å². The Labute approximate surface area is 174 Å². The van der Waals surface area contributed by atoms with Crippen molar-refractivity contribution < 1.29 is 19.1 Å². The number of nitrogens with one attached hydrogen (secondary N) is 2. The number of hydrogen-bond acceptors (Lipinski definition) is 7. The van der Waals surface area contributed by atoms with E-state index in [9.17, 15) is 14.4 Å². The fourth-order valence-corrected chi connectivity index (χ4v) is 2.72. The topological polar surface area (TPSA) is 166 Å². The highest BCUT2D eigenvalue weighted by Crippen LogP contribution is 2.02. The van der Waals surface area contributed by atoms with Crippen LogP contribution >= 0.6 is 0 Å². The van der Waals surface area contributed by atoms with Crippen LogP contribution in [0, 0.1) is 0 Å². The maximum Gasteiger partial charge on any atom is 0.404 e. The second-order valence-corrected chi connectivity index (χ2v) is 6.92. The second-order valence-electron chi connectivity index (χ2n) is 6.92. The minimum Gasteiger partial charge on any atom is -0.448 e. The van der Waals surface area contributed by atoms with Crippen molar-refractivity contribution in [2.24, 2.45) is 17.2 Å². The van der Waals surface area contributed by atoms with E-state index in [1.54, 1.807) is 4.90 Å². The number of amides is 3. The Morgan fingerprint density at radius 2 is 1.45 bits per heavy atom. The van der Waals surface area contributed by atoms with Crippen LogP contribution < -0.4 is 27.8 Å². The summed E-state index contributed by atoms with van der Waals surface area (Å²) in [4.78, 5) is 36.6. The number of hydrogen-bond donors (Lipinski definition) is 5. The number of nitrogens with two attached hydrogens (primary N) is 3. The van der Waals surface area contributed by atoms with Gasteiger partial charge in [0.2, 0.25) is 11.8 Å². The normalized spacial score (nSPS) is 10.6. The standard InChI is InChI=1S/C19H40N6O4/c20-9-5-2-1-3-7-11-23-15-18(27)25(13-8-4-6-10-21)16-17(26)24-12-14-29-19(22)28/h23H,1-16,20-21H2,(H2,22,28)(H,24,26). The van der Waals surface area contributed by atoms with Crippen molar-refractivity contribution in [2.75, 3.05) is 52.4 Å². The van der Waals surface area contributed by atoms with Gasteiger partial charge in [0.15, 0.2) is 0 Å². The van der Waals surface area contributed by atoms with Crippen molar-refractivity contribution in [3.8, 4) is 0 Å². The number of carbonyl (C=O) groups excluding carboxylic acids is 3. The van der Waals surface area contributed by atoms with Gasteiger partial charge in [0.05, 0.1) is 19.6 Å². The van der Waals surface area contributed by atoms with Gasteiger partial charge < -0.3 is 37.5 Å². The van der Waals surface area contributed by atoms with Gasteiger partial charge in [-0.25, -0.2) is 4.79 Å². The van der Waals surface area contributed by atoms with E-state index in [-0.39, 0.29) is 38.1 Å². The number of unbranched alkanes of at least 4 members (excludes halogenated alkanes) is 6. The fourth-order valence-electron chi connectivity index (χ4n) is 2.72. The molecule has 0 saturated carbocycles. The Morgan fingerprint density at radius 3 is 2.10 bits per heavy atom. The van der Waals surface area contributed by atoms with Gasteiger partial charge in [-0.2, -0.15) is 0 Å². The average Bonchev–Trinajstić information content (AvgIpc) is 2.69. The van der Waals surface area contributed by atoms with Gasteiger partial charge >= 0.3 is 6.09 Å². The lowest BCUT2D eigenvalue weighted by Crippen LogP contribution is -2.45. The molecule has 0 spiro atoms. The summed E-state index contributed by atoms with van der Waals surface area (Å²) in [5.74, 6) is -0.408. The summed E-state index contributed by atoms with van der Waals surface area (Å²) in [7, 11) is 0. The summed E-state index contributed by atoms with van der Waals surface area (Å²) in [6, 6.07) is 0. The highest BCUT2D eigenvalue weighted by molar-refractivity contribution is 5.85. The molecule has 0 aliphatic heterocycles. The molecule has 8 N–H and O–H groups in total. The van der Waals surface area contributed by atoms with Crippen molar-refractivity contribution in [3.63, 3.8) is 0 Å². The maximum atomic E-state index is 12.5. The van der Waals surface area contributed by atoms with E-state index >= 15 is 0 Å². The number of primary amides is 1. The molecule has 0 fully saturated rings. The van der Waals surface area contributed by atoms with Crippen LogP contribution in [-0.4, -0.2) is 75.2 Å². The molecule has 0 radical (unpaired) electrons. The number of carbonyl (C=O) groups is 3. The smallest absolute Gasteiger partial charge is 0.404 e. The molecule has 0 bridgehead atoms. The van der Waals surface area contributed by atoms with Crippen LogP contribution in [0.4, 0.5) is 4.79 Å². The lowest BCUT2D eigenvalue weighted by Gasteiger charge is -2.22. The highest BCUT2D eigenvalue weighted by Gasteiger charge is 2.16. The maximum absolute atomic E-state index is 12.5. The van der Waals surface area contributed by atoms with Crippen molar-refractivity contribution in [2.45, 2.75) is 51.4 Å². The van der Waals surface area contributed by atoms with E-state index in [2.05, 4.69) is 15.4 Å². The van der Waals surface area contributed by atoms with Crippen molar-refractivity contribution in [1.82, 2.24) is 15.5 Å². The van der Waals surface area contributed by atoms with E-state index in [0.717, 1.165) is 64.5 Å². The van der Waals surface area contributed by atoms with E-state index in [1.807, 2.05) is 0 Å². The minimum atomic E-state index is -0.888.